The van der Waals surface area contributed by atoms with Crippen molar-refractivity contribution in [3.63, 3.8) is 0 Å². The van der Waals surface area contributed by atoms with Crippen LogP contribution >= 0.6 is 0 Å². The summed E-state index contributed by atoms with van der Waals surface area (Å²) in [5.74, 6) is 1.73. The number of ether oxygens (including phenoxy) is 2. The fourth-order valence-electron chi connectivity index (χ4n) is 6.41. The first-order valence-electron chi connectivity index (χ1n) is 12.8. The third kappa shape index (κ3) is 2.99. The summed E-state index contributed by atoms with van der Waals surface area (Å²) in [5.41, 5.74) is 7.74. The van der Waals surface area contributed by atoms with Gasteiger partial charge in [-0.05, 0) is 51.9 Å². The normalized spacial score (nSPS) is 16.0. The third-order valence-corrected chi connectivity index (χ3v) is 8.15. The maximum absolute atomic E-state index is 7.28. The van der Waals surface area contributed by atoms with Gasteiger partial charge in [0.1, 0.15) is 11.5 Å². The summed E-state index contributed by atoms with van der Waals surface area (Å²) in [7, 11) is 1.72. The van der Waals surface area contributed by atoms with Gasteiger partial charge in [0.05, 0.1) is 7.11 Å². The van der Waals surface area contributed by atoms with Crippen molar-refractivity contribution in [1.82, 2.24) is 0 Å². The Morgan fingerprint density at radius 1 is 0.703 bits per heavy atom. The maximum atomic E-state index is 7.28. The van der Waals surface area contributed by atoms with Gasteiger partial charge in [-0.2, -0.15) is 0 Å². The van der Waals surface area contributed by atoms with Crippen molar-refractivity contribution in [2.45, 2.75) is 24.9 Å². The Balaban J connectivity index is 1.59. The number of hydrogen-bond acceptors (Lipinski definition) is 2. The Kier molecular flexibility index (Phi) is 4.65. The van der Waals surface area contributed by atoms with Crippen LogP contribution in [0.5, 0.6) is 11.5 Å². The number of benzene rings is 5. The number of hydrogen-bond donors (Lipinski definition) is 0. The summed E-state index contributed by atoms with van der Waals surface area (Å²) in [5, 5.41) is 2.26. The SMILES string of the molecule is COc1ccc2c3c(c4c(c2c1)OC(c1ccccc1)(c1ccccc1)C=C4)C(C)(C)c1ccccc1-3. The van der Waals surface area contributed by atoms with Crippen molar-refractivity contribution in [2.75, 3.05) is 7.11 Å². The molecule has 2 aliphatic rings. The Morgan fingerprint density at radius 2 is 1.35 bits per heavy atom. The van der Waals surface area contributed by atoms with Gasteiger partial charge in [-0.25, -0.2) is 0 Å². The van der Waals surface area contributed by atoms with Crippen molar-refractivity contribution >= 4 is 16.8 Å². The van der Waals surface area contributed by atoms with Crippen LogP contribution < -0.4 is 9.47 Å². The van der Waals surface area contributed by atoms with Gasteiger partial charge in [0.25, 0.3) is 0 Å². The lowest BCUT2D eigenvalue weighted by molar-refractivity contribution is 0.163. The lowest BCUT2D eigenvalue weighted by Gasteiger charge is -2.38. The molecule has 0 fully saturated rings. The van der Waals surface area contributed by atoms with Crippen LogP contribution in [-0.4, -0.2) is 7.11 Å². The van der Waals surface area contributed by atoms with Crippen LogP contribution in [0.4, 0.5) is 0 Å². The van der Waals surface area contributed by atoms with E-state index in [0.717, 1.165) is 33.6 Å². The second-order valence-corrected chi connectivity index (χ2v) is 10.5. The van der Waals surface area contributed by atoms with E-state index in [4.69, 9.17) is 9.47 Å². The summed E-state index contributed by atoms with van der Waals surface area (Å²) in [4.78, 5) is 0. The second-order valence-electron chi connectivity index (χ2n) is 10.5. The molecule has 2 nitrogen and oxygen atoms in total. The summed E-state index contributed by atoms with van der Waals surface area (Å²) in [6.45, 7) is 4.66. The van der Waals surface area contributed by atoms with E-state index in [1.807, 2.05) is 0 Å². The van der Waals surface area contributed by atoms with Crippen LogP contribution in [-0.2, 0) is 11.0 Å². The standard InChI is InChI=1S/C35H28O2/c1-34(2)30-17-11-10-16-27(30)31-26-19-18-25(36-3)22-29(26)33-28(32(31)34)20-21-35(37-33,23-12-6-4-7-13-23)24-14-8-5-9-15-24/h4-22H,1-3H3. The molecule has 0 spiro atoms. The third-order valence-electron chi connectivity index (χ3n) is 8.15. The molecular formula is C35H28O2. The van der Waals surface area contributed by atoms with E-state index in [0.29, 0.717) is 0 Å². The van der Waals surface area contributed by atoms with Gasteiger partial charge in [0.15, 0.2) is 5.60 Å². The van der Waals surface area contributed by atoms with Crippen LogP contribution in [0.15, 0.2) is 109 Å². The summed E-state index contributed by atoms with van der Waals surface area (Å²) in [6.07, 6.45) is 4.54. The Bertz CT molecular complexity index is 1660. The smallest absolute Gasteiger partial charge is 0.178 e. The molecule has 180 valence electrons. The quantitative estimate of drug-likeness (QED) is 0.258. The number of fused-ring (bicyclic) bond motifs is 8. The highest BCUT2D eigenvalue weighted by molar-refractivity contribution is 6.08. The minimum atomic E-state index is -0.741. The lowest BCUT2D eigenvalue weighted by atomic mass is 9.77. The van der Waals surface area contributed by atoms with Crippen molar-refractivity contribution in [1.29, 1.82) is 0 Å². The van der Waals surface area contributed by atoms with Crippen LogP contribution in [0.25, 0.3) is 28.0 Å². The van der Waals surface area contributed by atoms with E-state index >= 15 is 0 Å². The van der Waals surface area contributed by atoms with Crippen LogP contribution in [0.3, 0.4) is 0 Å². The van der Waals surface area contributed by atoms with Crippen LogP contribution in [0.2, 0.25) is 0 Å². The molecule has 0 atom stereocenters. The van der Waals surface area contributed by atoms with Gasteiger partial charge in [-0.15, -0.1) is 0 Å². The molecule has 0 radical (unpaired) electrons. The molecule has 0 saturated carbocycles. The van der Waals surface area contributed by atoms with Gasteiger partial charge >= 0.3 is 0 Å². The minimum absolute atomic E-state index is 0.155. The van der Waals surface area contributed by atoms with Gasteiger partial charge in [0, 0.05) is 27.5 Å². The number of rotatable bonds is 3. The van der Waals surface area contributed by atoms with E-state index in [2.05, 4.69) is 129 Å². The molecule has 0 aromatic heterocycles. The summed E-state index contributed by atoms with van der Waals surface area (Å²) < 4.78 is 13.0. The zero-order valence-electron chi connectivity index (χ0n) is 21.3. The Hall–Kier alpha value is -4.30. The average Bonchev–Trinajstić information content (AvgIpc) is 3.20. The fourth-order valence-corrected chi connectivity index (χ4v) is 6.41. The molecule has 7 rings (SSSR count). The monoisotopic (exact) mass is 480 g/mol. The van der Waals surface area contributed by atoms with Crippen LogP contribution in [0, 0.1) is 0 Å². The molecule has 5 aromatic carbocycles. The van der Waals surface area contributed by atoms with Crippen molar-refractivity contribution < 1.29 is 9.47 Å². The Labute approximate surface area is 217 Å². The molecular weight excluding hydrogens is 452 g/mol. The second kappa shape index (κ2) is 7.85. The molecule has 0 bridgehead atoms. The van der Waals surface area contributed by atoms with E-state index in [-0.39, 0.29) is 5.41 Å². The molecule has 0 N–H and O–H groups in total. The molecule has 1 heterocycles. The highest BCUT2D eigenvalue weighted by Crippen LogP contribution is 2.58. The largest absolute Gasteiger partial charge is 0.497 e. The molecule has 1 aliphatic heterocycles. The first-order valence-corrected chi connectivity index (χ1v) is 12.8. The van der Waals surface area contributed by atoms with Crippen molar-refractivity contribution in [3.05, 3.63) is 137 Å². The zero-order valence-corrected chi connectivity index (χ0v) is 21.3. The van der Waals surface area contributed by atoms with Crippen molar-refractivity contribution in [3.8, 4) is 22.6 Å². The summed E-state index contributed by atoms with van der Waals surface area (Å²) >= 11 is 0. The molecule has 1 aliphatic carbocycles. The van der Waals surface area contributed by atoms with E-state index in [1.165, 1.54) is 27.6 Å². The molecule has 0 amide bonds. The Morgan fingerprint density at radius 3 is 2.03 bits per heavy atom. The molecule has 2 heteroatoms. The zero-order chi connectivity index (χ0) is 25.2. The topological polar surface area (TPSA) is 18.5 Å². The van der Waals surface area contributed by atoms with E-state index in [1.54, 1.807) is 7.11 Å². The van der Waals surface area contributed by atoms with Crippen LogP contribution in [0.1, 0.15) is 41.7 Å². The van der Waals surface area contributed by atoms with Gasteiger partial charge < -0.3 is 9.47 Å². The summed E-state index contributed by atoms with van der Waals surface area (Å²) in [6, 6.07) is 36.2. The average molecular weight is 481 g/mol. The van der Waals surface area contributed by atoms with Gasteiger partial charge in [-0.3, -0.25) is 0 Å². The van der Waals surface area contributed by atoms with Crippen molar-refractivity contribution in [2.24, 2.45) is 0 Å². The van der Waals surface area contributed by atoms with Gasteiger partial charge in [0.2, 0.25) is 0 Å². The lowest BCUT2D eigenvalue weighted by Crippen LogP contribution is -2.35. The molecule has 5 aromatic rings. The highest BCUT2D eigenvalue weighted by Gasteiger charge is 2.44. The highest BCUT2D eigenvalue weighted by atomic mass is 16.5. The van der Waals surface area contributed by atoms with E-state index in [9.17, 15) is 0 Å². The first-order chi connectivity index (χ1) is 18.0. The first kappa shape index (κ1) is 21.9. The molecule has 0 saturated heterocycles. The molecule has 37 heavy (non-hydrogen) atoms. The predicted molar refractivity (Wildman–Crippen MR) is 151 cm³/mol. The predicted octanol–water partition coefficient (Wildman–Crippen LogP) is 8.50. The maximum Gasteiger partial charge on any atom is 0.178 e. The fraction of sp³-hybridized carbons (Fsp3) is 0.143. The van der Waals surface area contributed by atoms with E-state index < -0.39 is 5.60 Å². The minimum Gasteiger partial charge on any atom is -0.497 e. The van der Waals surface area contributed by atoms with Gasteiger partial charge in [-0.1, -0.05) is 105 Å². The molecule has 0 unspecified atom stereocenters. The number of methoxy groups -OCH3 is 1.